The summed E-state index contributed by atoms with van der Waals surface area (Å²) in [6, 6.07) is 12.4. The van der Waals surface area contributed by atoms with Gasteiger partial charge in [-0.25, -0.2) is 4.79 Å². The lowest BCUT2D eigenvalue weighted by molar-refractivity contribution is -0.138. The van der Waals surface area contributed by atoms with E-state index in [9.17, 15) is 14.4 Å². The van der Waals surface area contributed by atoms with Gasteiger partial charge >= 0.3 is 5.97 Å². The van der Waals surface area contributed by atoms with Gasteiger partial charge in [-0.3, -0.25) is 9.59 Å². The summed E-state index contributed by atoms with van der Waals surface area (Å²) in [6.07, 6.45) is 4.24. The van der Waals surface area contributed by atoms with E-state index in [-0.39, 0.29) is 22.4 Å². The molecule has 0 radical (unpaired) electrons. The van der Waals surface area contributed by atoms with Crippen molar-refractivity contribution < 1.29 is 28.7 Å². The summed E-state index contributed by atoms with van der Waals surface area (Å²) >= 11 is 0. The minimum absolute atomic E-state index is 0.140. The Morgan fingerprint density at radius 1 is 0.871 bits per heavy atom. The number of hydrogen-bond acceptors (Lipinski definition) is 7. The maximum Gasteiger partial charge on any atom is 0.405 e. The Morgan fingerprint density at radius 2 is 1.55 bits per heavy atom. The van der Waals surface area contributed by atoms with E-state index in [1.807, 2.05) is 0 Å². The molecular weight excluding hydrogens is 398 g/mol. The van der Waals surface area contributed by atoms with Crippen LogP contribution in [0.3, 0.4) is 0 Å². The van der Waals surface area contributed by atoms with Gasteiger partial charge < -0.3 is 14.3 Å². The molecule has 0 aliphatic heterocycles. The lowest BCUT2D eigenvalue weighted by Gasteiger charge is -2.10. The zero-order valence-electron chi connectivity index (χ0n) is 17.2. The number of hydrogen-bond donors (Lipinski definition) is 0. The quantitative estimate of drug-likeness (QED) is 0.145. The smallest absolute Gasteiger partial charge is 0.405 e. The first-order valence-corrected chi connectivity index (χ1v) is 9.07. The van der Waals surface area contributed by atoms with Gasteiger partial charge in [0, 0.05) is 16.7 Å². The molecule has 0 N–H and O–H groups in total. The highest BCUT2D eigenvalue weighted by molar-refractivity contribution is 6.52. The van der Waals surface area contributed by atoms with Gasteiger partial charge in [-0.2, -0.15) is 0 Å². The number of allylic oxidation sites excluding steroid dienone is 4. The third-order valence-electron chi connectivity index (χ3n) is 4.09. The van der Waals surface area contributed by atoms with E-state index in [4.69, 9.17) is 14.3 Å². The molecule has 2 aromatic carbocycles. The summed E-state index contributed by atoms with van der Waals surface area (Å²) in [5, 5.41) is 3.67. The molecule has 2 aromatic rings. The van der Waals surface area contributed by atoms with Crippen molar-refractivity contribution in [2.24, 2.45) is 5.16 Å². The fourth-order valence-corrected chi connectivity index (χ4v) is 2.55. The van der Waals surface area contributed by atoms with Gasteiger partial charge in [-0.05, 0) is 18.2 Å². The Kier molecular flexibility index (Phi) is 8.22. The second-order valence-corrected chi connectivity index (χ2v) is 5.97. The normalized spacial score (nSPS) is 11.3. The van der Waals surface area contributed by atoms with Gasteiger partial charge in [0.05, 0.1) is 14.2 Å². The number of carbonyl (C=O) groups is 3. The van der Waals surface area contributed by atoms with Crippen molar-refractivity contribution in [3.8, 4) is 11.5 Å². The van der Waals surface area contributed by atoms with Crippen LogP contribution < -0.4 is 9.47 Å². The number of ketones is 2. The zero-order chi connectivity index (χ0) is 22.8. The zero-order valence-corrected chi connectivity index (χ0v) is 17.2. The first-order valence-electron chi connectivity index (χ1n) is 9.07. The summed E-state index contributed by atoms with van der Waals surface area (Å²) in [7, 11) is 2.91. The Balaban J connectivity index is 2.41. The second kappa shape index (κ2) is 11.1. The molecular formula is C24H21NO6. The average molecular weight is 419 g/mol. The van der Waals surface area contributed by atoms with E-state index in [1.165, 1.54) is 56.7 Å². The van der Waals surface area contributed by atoms with Crippen molar-refractivity contribution >= 4 is 23.2 Å². The van der Waals surface area contributed by atoms with Crippen LogP contribution in [0.25, 0.3) is 0 Å². The van der Waals surface area contributed by atoms with Crippen molar-refractivity contribution in [1.29, 1.82) is 0 Å². The molecule has 0 aliphatic carbocycles. The van der Waals surface area contributed by atoms with E-state index in [1.54, 1.807) is 24.3 Å². The highest BCUT2D eigenvalue weighted by Gasteiger charge is 2.23. The molecule has 7 heteroatoms. The monoisotopic (exact) mass is 419 g/mol. The molecule has 31 heavy (non-hydrogen) atoms. The molecule has 0 saturated heterocycles. The maximum absolute atomic E-state index is 13.1. The van der Waals surface area contributed by atoms with Crippen LogP contribution in [0.5, 0.6) is 11.5 Å². The molecule has 0 fully saturated rings. The summed E-state index contributed by atoms with van der Waals surface area (Å²) in [6.45, 7) is 7.23. The lowest BCUT2D eigenvalue weighted by Crippen LogP contribution is -2.20. The van der Waals surface area contributed by atoms with Gasteiger partial charge in [-0.15, -0.1) is 0 Å². The Morgan fingerprint density at radius 3 is 2.13 bits per heavy atom. The Hall–Kier alpha value is -4.26. The largest absolute Gasteiger partial charge is 0.493 e. The molecule has 0 unspecified atom stereocenters. The van der Waals surface area contributed by atoms with Crippen molar-refractivity contribution in [3.05, 3.63) is 96.6 Å². The predicted octanol–water partition coefficient (Wildman–Crippen LogP) is 3.97. The molecule has 0 aromatic heterocycles. The summed E-state index contributed by atoms with van der Waals surface area (Å²) in [5.41, 5.74) is 0.339. The highest BCUT2D eigenvalue weighted by Crippen LogP contribution is 2.28. The van der Waals surface area contributed by atoms with Crippen molar-refractivity contribution in [1.82, 2.24) is 0 Å². The highest BCUT2D eigenvalue weighted by atomic mass is 16.7. The van der Waals surface area contributed by atoms with E-state index >= 15 is 0 Å². The molecule has 2 rings (SSSR count). The van der Waals surface area contributed by atoms with Crippen LogP contribution in [-0.2, 0) is 9.63 Å². The minimum Gasteiger partial charge on any atom is -0.493 e. The molecule has 0 aliphatic rings. The Bertz CT molecular complexity index is 1070. The van der Waals surface area contributed by atoms with Crippen LogP contribution in [0.15, 0.2) is 90.6 Å². The number of oxime groups is 1. The van der Waals surface area contributed by atoms with Crippen LogP contribution in [-0.4, -0.2) is 37.5 Å². The van der Waals surface area contributed by atoms with Gasteiger partial charge in [0.2, 0.25) is 5.78 Å². The minimum atomic E-state index is -1.23. The summed E-state index contributed by atoms with van der Waals surface area (Å²) < 4.78 is 10.4. The van der Waals surface area contributed by atoms with E-state index in [0.29, 0.717) is 11.5 Å². The van der Waals surface area contributed by atoms with Gasteiger partial charge in [-0.1, -0.05) is 66.9 Å². The van der Waals surface area contributed by atoms with E-state index < -0.39 is 17.5 Å². The molecule has 0 saturated carbocycles. The predicted molar refractivity (Wildman–Crippen MR) is 117 cm³/mol. The number of methoxy groups -OCH3 is 2. The standard InChI is InChI=1S/C24H21NO6/c1-5-10-16(6-2)21(22(26)18-13-14-19(29-3)20(15-18)30-4)25-31-24(28)23(27)17-11-8-7-9-12-17/h5-15H,1-2H2,3-4H3/b16-10+,25-21+. The molecule has 0 atom stereocenters. The number of carbonyl (C=O) groups excluding carboxylic acids is 3. The number of benzene rings is 2. The van der Waals surface area contributed by atoms with Crippen LogP contribution >= 0.6 is 0 Å². The summed E-state index contributed by atoms with van der Waals surface area (Å²) in [4.78, 5) is 42.3. The first kappa shape index (κ1) is 23.0. The molecule has 0 heterocycles. The third kappa shape index (κ3) is 5.63. The fourth-order valence-electron chi connectivity index (χ4n) is 2.55. The van der Waals surface area contributed by atoms with E-state index in [2.05, 4.69) is 18.3 Å². The maximum atomic E-state index is 13.1. The molecule has 0 amide bonds. The van der Waals surface area contributed by atoms with Crippen molar-refractivity contribution in [2.75, 3.05) is 14.2 Å². The van der Waals surface area contributed by atoms with Gasteiger partial charge in [0.1, 0.15) is 0 Å². The molecule has 0 spiro atoms. The van der Waals surface area contributed by atoms with Gasteiger partial charge in [0.15, 0.2) is 17.2 Å². The number of rotatable bonds is 10. The second-order valence-electron chi connectivity index (χ2n) is 5.97. The number of Topliss-reactive ketones (excluding diaryl/α,β-unsaturated/α-hetero) is 2. The SMILES string of the molecule is C=C/C=C(C=C)/C(=N\OC(=O)C(=O)c1ccccc1)C(=O)c1ccc(OC)c(OC)c1. The lowest BCUT2D eigenvalue weighted by atomic mass is 10.00. The van der Waals surface area contributed by atoms with Gasteiger partial charge in [0.25, 0.3) is 5.78 Å². The average Bonchev–Trinajstić information content (AvgIpc) is 2.82. The van der Waals surface area contributed by atoms with Crippen LogP contribution in [0.2, 0.25) is 0 Å². The third-order valence-corrected chi connectivity index (χ3v) is 4.09. The van der Waals surface area contributed by atoms with Crippen LogP contribution in [0, 0.1) is 0 Å². The van der Waals surface area contributed by atoms with Crippen molar-refractivity contribution in [3.63, 3.8) is 0 Å². The first-order chi connectivity index (χ1) is 15.0. The fraction of sp³-hybridized carbons (Fsp3) is 0.0833. The van der Waals surface area contributed by atoms with Crippen molar-refractivity contribution in [2.45, 2.75) is 0 Å². The Labute approximate surface area is 179 Å². The number of nitrogens with zero attached hydrogens (tertiary/aromatic N) is 1. The molecule has 0 bridgehead atoms. The molecule has 7 nitrogen and oxygen atoms in total. The molecule has 158 valence electrons. The topological polar surface area (TPSA) is 91.3 Å². The van der Waals surface area contributed by atoms with Crippen LogP contribution in [0.4, 0.5) is 0 Å². The number of ether oxygens (including phenoxy) is 2. The summed E-state index contributed by atoms with van der Waals surface area (Å²) in [5.74, 6) is -1.95. The van der Waals surface area contributed by atoms with E-state index in [0.717, 1.165) is 0 Å². The van der Waals surface area contributed by atoms with Crippen LogP contribution in [0.1, 0.15) is 20.7 Å².